The second-order valence-corrected chi connectivity index (χ2v) is 2.50. The number of nitrogens with one attached hydrogen (secondary N) is 1. The first-order chi connectivity index (χ1) is 4.29. The van der Waals surface area contributed by atoms with Crippen LogP contribution in [0.2, 0.25) is 0 Å². The number of hydrogen-bond acceptors (Lipinski definition) is 2. The van der Waals surface area contributed by atoms with Gasteiger partial charge in [0.1, 0.15) is 0 Å². The number of ether oxygens (including phenoxy) is 1. The highest BCUT2D eigenvalue weighted by atomic mass is 16.5. The summed E-state index contributed by atoms with van der Waals surface area (Å²) < 4.78 is 5.11. The molecule has 0 radical (unpaired) electrons. The van der Waals surface area contributed by atoms with Gasteiger partial charge in [0.15, 0.2) is 0 Å². The Balaban J connectivity index is 2.11. The van der Waals surface area contributed by atoms with Crippen LogP contribution in [-0.4, -0.2) is 25.0 Å². The van der Waals surface area contributed by atoms with Crippen molar-refractivity contribution in [3.8, 4) is 0 Å². The zero-order valence-electron chi connectivity index (χ0n) is 5.47. The molecule has 2 N–H and O–H groups in total. The van der Waals surface area contributed by atoms with Crippen molar-refractivity contribution in [1.29, 1.82) is 0 Å². The van der Waals surface area contributed by atoms with Crippen LogP contribution in [0.25, 0.3) is 0 Å². The molecule has 0 spiro atoms. The van der Waals surface area contributed by atoms with Gasteiger partial charge in [0, 0.05) is 12.5 Å². The first kappa shape index (κ1) is 6.99. The zero-order chi connectivity index (χ0) is 6.69. The number of hydrogen-bond donors (Lipinski definition) is 2. The van der Waals surface area contributed by atoms with Crippen LogP contribution in [0.4, 0.5) is 0 Å². The molecule has 1 saturated heterocycles. The molecule has 9 heavy (non-hydrogen) atoms. The average molecular weight is 131 g/mol. The maximum Gasteiger partial charge on any atom is 0.0866 e. The standard InChI is InChI=1S/C6H13NO2/c1-7(8)4-6-2-3-9-5-6/h6-8H,1-5H2. The molecular weight excluding hydrogens is 118 g/mol. The normalized spacial score (nSPS) is 30.7. The van der Waals surface area contributed by atoms with E-state index >= 15 is 0 Å². The fourth-order valence-electron chi connectivity index (χ4n) is 1.08. The van der Waals surface area contributed by atoms with Gasteiger partial charge in [-0.1, -0.05) is 0 Å². The summed E-state index contributed by atoms with van der Waals surface area (Å²) in [4.78, 5) is 0. The van der Waals surface area contributed by atoms with Gasteiger partial charge in [-0.15, -0.1) is 7.05 Å². The van der Waals surface area contributed by atoms with Gasteiger partial charge in [-0.25, -0.2) is 5.21 Å². The fraction of sp³-hybridized carbons (Fsp3) is 0.833. The van der Waals surface area contributed by atoms with Crippen LogP contribution in [0.1, 0.15) is 6.42 Å². The van der Waals surface area contributed by atoms with E-state index in [9.17, 15) is 0 Å². The molecule has 0 bridgehead atoms. The Hall–Kier alpha value is -0.120. The zero-order valence-corrected chi connectivity index (χ0v) is 5.47. The summed E-state index contributed by atoms with van der Waals surface area (Å²) in [7, 11) is 3.42. The van der Waals surface area contributed by atoms with Crippen molar-refractivity contribution >= 4 is 0 Å². The van der Waals surface area contributed by atoms with Crippen molar-refractivity contribution in [2.24, 2.45) is 5.92 Å². The van der Waals surface area contributed by atoms with Crippen LogP contribution in [0, 0.1) is 13.0 Å². The van der Waals surface area contributed by atoms with E-state index in [0.717, 1.165) is 19.6 Å². The largest absolute Gasteiger partial charge is 0.381 e. The molecule has 0 aromatic carbocycles. The van der Waals surface area contributed by atoms with Gasteiger partial charge < -0.3 is 9.80 Å². The van der Waals surface area contributed by atoms with Gasteiger partial charge in [0.2, 0.25) is 0 Å². The quantitative estimate of drug-likeness (QED) is 0.376. The lowest BCUT2D eigenvalue weighted by Crippen LogP contribution is -3.05. The van der Waals surface area contributed by atoms with E-state index in [1.54, 1.807) is 0 Å². The summed E-state index contributed by atoms with van der Waals surface area (Å²) >= 11 is 0. The molecule has 3 nitrogen and oxygen atoms in total. The summed E-state index contributed by atoms with van der Waals surface area (Å²) in [6, 6.07) is 0. The van der Waals surface area contributed by atoms with Crippen LogP contribution >= 0.6 is 0 Å². The Morgan fingerprint density at radius 2 is 2.56 bits per heavy atom. The Kier molecular flexibility index (Phi) is 2.45. The van der Waals surface area contributed by atoms with E-state index in [4.69, 9.17) is 9.94 Å². The molecule has 0 saturated carbocycles. The monoisotopic (exact) mass is 131 g/mol. The molecule has 1 fully saturated rings. The number of quaternary nitrogens is 1. The molecule has 0 aromatic rings. The third kappa shape index (κ3) is 2.30. The average Bonchev–Trinajstić information content (AvgIpc) is 2.15. The second-order valence-electron chi connectivity index (χ2n) is 2.50. The van der Waals surface area contributed by atoms with Gasteiger partial charge in [-0.2, -0.15) is 0 Å². The highest BCUT2D eigenvalue weighted by molar-refractivity contribution is 4.61. The highest BCUT2D eigenvalue weighted by Crippen LogP contribution is 2.08. The summed E-state index contributed by atoms with van der Waals surface area (Å²) in [5, 5.41) is 9.05. The molecule has 1 heterocycles. The smallest absolute Gasteiger partial charge is 0.0866 e. The Labute approximate surface area is 55.2 Å². The van der Waals surface area contributed by atoms with E-state index in [1.807, 2.05) is 0 Å². The molecular formula is C6H13NO2. The summed E-state index contributed by atoms with van der Waals surface area (Å²) in [6.07, 6.45) is 1.07. The Morgan fingerprint density at radius 3 is 3.00 bits per heavy atom. The van der Waals surface area contributed by atoms with Crippen LogP contribution < -0.4 is 5.06 Å². The first-order valence-electron chi connectivity index (χ1n) is 3.23. The first-order valence-corrected chi connectivity index (χ1v) is 3.23. The van der Waals surface area contributed by atoms with E-state index in [2.05, 4.69) is 7.05 Å². The molecule has 0 aliphatic carbocycles. The van der Waals surface area contributed by atoms with Crippen LogP contribution in [-0.2, 0) is 4.74 Å². The minimum Gasteiger partial charge on any atom is -0.381 e. The molecule has 1 aliphatic rings. The van der Waals surface area contributed by atoms with Gasteiger partial charge in [-0.3, -0.25) is 0 Å². The number of rotatable bonds is 2. The van der Waals surface area contributed by atoms with Gasteiger partial charge in [-0.05, 0) is 6.42 Å². The molecule has 54 valence electrons. The molecule has 0 aromatic heterocycles. The minimum absolute atomic E-state index is 0.283. The second kappa shape index (κ2) is 3.15. The third-order valence-corrected chi connectivity index (χ3v) is 1.55. The lowest BCUT2D eigenvalue weighted by atomic mass is 10.1. The topological polar surface area (TPSA) is 33.9 Å². The Morgan fingerprint density at radius 1 is 1.78 bits per heavy atom. The third-order valence-electron chi connectivity index (χ3n) is 1.55. The molecule has 1 aliphatic heterocycles. The SMILES string of the molecule is [CH2-][NH+](O)CC1CCOC1. The Bertz CT molecular complexity index is 79.1. The predicted octanol–water partition coefficient (Wildman–Crippen LogP) is -0.911. The molecule has 3 heteroatoms. The van der Waals surface area contributed by atoms with Crippen molar-refractivity contribution in [3.63, 3.8) is 0 Å². The lowest BCUT2D eigenvalue weighted by molar-refractivity contribution is -1.05. The van der Waals surface area contributed by atoms with E-state index in [-0.39, 0.29) is 5.06 Å². The van der Waals surface area contributed by atoms with Crippen molar-refractivity contribution in [2.75, 3.05) is 19.8 Å². The van der Waals surface area contributed by atoms with Gasteiger partial charge >= 0.3 is 0 Å². The van der Waals surface area contributed by atoms with Crippen molar-refractivity contribution in [2.45, 2.75) is 6.42 Å². The predicted molar refractivity (Wildman–Crippen MR) is 31.9 cm³/mol. The van der Waals surface area contributed by atoms with Crippen molar-refractivity contribution in [3.05, 3.63) is 7.05 Å². The molecule has 0 amide bonds. The van der Waals surface area contributed by atoms with Crippen molar-refractivity contribution in [1.82, 2.24) is 0 Å². The summed E-state index contributed by atoms with van der Waals surface area (Å²) in [5.74, 6) is 0.516. The maximum absolute atomic E-state index is 8.76. The minimum atomic E-state index is 0.283. The van der Waals surface area contributed by atoms with E-state index in [1.165, 1.54) is 0 Å². The summed E-state index contributed by atoms with van der Waals surface area (Å²) in [5.41, 5.74) is 0. The highest BCUT2D eigenvalue weighted by Gasteiger charge is 2.17. The lowest BCUT2D eigenvalue weighted by Gasteiger charge is -2.13. The van der Waals surface area contributed by atoms with Crippen LogP contribution in [0.5, 0.6) is 0 Å². The summed E-state index contributed by atoms with van der Waals surface area (Å²) in [6.45, 7) is 2.34. The van der Waals surface area contributed by atoms with E-state index < -0.39 is 0 Å². The molecule has 2 atom stereocenters. The van der Waals surface area contributed by atoms with Crippen molar-refractivity contribution < 1.29 is 15.0 Å². The van der Waals surface area contributed by atoms with Gasteiger partial charge in [0.05, 0.1) is 13.2 Å². The van der Waals surface area contributed by atoms with Gasteiger partial charge in [0.25, 0.3) is 0 Å². The maximum atomic E-state index is 8.76. The molecule has 2 unspecified atom stereocenters. The molecule has 1 rings (SSSR count). The van der Waals surface area contributed by atoms with E-state index in [0.29, 0.717) is 12.5 Å². The number of hydroxylamine groups is 2. The van der Waals surface area contributed by atoms with Crippen LogP contribution in [0.15, 0.2) is 0 Å². The fourth-order valence-corrected chi connectivity index (χ4v) is 1.08. The van der Waals surface area contributed by atoms with Crippen LogP contribution in [0.3, 0.4) is 0 Å².